The van der Waals surface area contributed by atoms with Crippen molar-refractivity contribution < 1.29 is 9.90 Å². The number of hydrogen-bond acceptors (Lipinski definition) is 3. The van der Waals surface area contributed by atoms with Crippen LogP contribution < -0.4 is 0 Å². The molecule has 0 heterocycles. The number of aliphatic hydroxyl groups is 1. The third kappa shape index (κ3) is 1.70. The first kappa shape index (κ1) is 11.3. The van der Waals surface area contributed by atoms with Crippen LogP contribution in [0.1, 0.15) is 12.8 Å². The third-order valence-electron chi connectivity index (χ3n) is 2.28. The second-order valence-corrected chi connectivity index (χ2v) is 4.06. The lowest BCUT2D eigenvalue weighted by atomic mass is 9.95. The Hall–Kier alpha value is -0.800. The zero-order chi connectivity index (χ0) is 10.9. The third-order valence-corrected chi connectivity index (χ3v) is 2.67. The standard InChI is InChI=1S/C10H14ClNO2/c1-4-5-10(14)6-7(13)8(11)9(10)12(2)3/h4,14H,1,5-6H2,2-3H3. The monoisotopic (exact) mass is 215 g/mol. The maximum atomic E-state index is 11.4. The first-order chi connectivity index (χ1) is 6.42. The van der Waals surface area contributed by atoms with Crippen molar-refractivity contribution in [1.29, 1.82) is 0 Å². The molecule has 0 amide bonds. The number of rotatable bonds is 3. The van der Waals surface area contributed by atoms with E-state index in [2.05, 4.69) is 6.58 Å². The number of carbonyl (C=O) groups excluding carboxylic acids is 1. The summed E-state index contributed by atoms with van der Waals surface area (Å²) in [4.78, 5) is 13.0. The molecule has 1 rings (SSSR count). The average molecular weight is 216 g/mol. The molecule has 0 fully saturated rings. The van der Waals surface area contributed by atoms with Crippen molar-refractivity contribution in [2.75, 3.05) is 14.1 Å². The van der Waals surface area contributed by atoms with Crippen LogP contribution in [0.5, 0.6) is 0 Å². The smallest absolute Gasteiger partial charge is 0.179 e. The number of halogens is 1. The summed E-state index contributed by atoms with van der Waals surface area (Å²) in [6.45, 7) is 3.56. The van der Waals surface area contributed by atoms with Crippen molar-refractivity contribution in [2.24, 2.45) is 0 Å². The van der Waals surface area contributed by atoms with Crippen molar-refractivity contribution in [3.8, 4) is 0 Å². The molecule has 0 bridgehead atoms. The molecule has 1 aliphatic carbocycles. The number of likely N-dealkylation sites (N-methyl/N-ethyl adjacent to an activating group) is 1. The zero-order valence-electron chi connectivity index (χ0n) is 8.38. The molecule has 1 atom stereocenters. The van der Waals surface area contributed by atoms with Crippen molar-refractivity contribution in [1.82, 2.24) is 4.90 Å². The van der Waals surface area contributed by atoms with Crippen LogP contribution in [-0.2, 0) is 4.79 Å². The summed E-state index contributed by atoms with van der Waals surface area (Å²) >= 11 is 5.84. The fraction of sp³-hybridized carbons (Fsp3) is 0.500. The Balaban J connectivity index is 3.13. The number of allylic oxidation sites excluding steroid dienone is 1. The molecule has 1 unspecified atom stereocenters. The molecule has 1 aliphatic rings. The van der Waals surface area contributed by atoms with E-state index in [9.17, 15) is 9.90 Å². The molecular weight excluding hydrogens is 202 g/mol. The van der Waals surface area contributed by atoms with Crippen LogP contribution in [0.4, 0.5) is 0 Å². The van der Waals surface area contributed by atoms with Crippen LogP contribution in [0.15, 0.2) is 23.4 Å². The number of ketones is 1. The summed E-state index contributed by atoms with van der Waals surface area (Å²) in [7, 11) is 3.51. The molecule has 0 saturated heterocycles. The van der Waals surface area contributed by atoms with Gasteiger partial charge in [-0.2, -0.15) is 0 Å². The van der Waals surface area contributed by atoms with Gasteiger partial charge in [0.1, 0.15) is 10.6 Å². The van der Waals surface area contributed by atoms with Crippen molar-refractivity contribution in [3.05, 3.63) is 23.4 Å². The average Bonchev–Trinajstić information content (AvgIpc) is 2.23. The van der Waals surface area contributed by atoms with E-state index in [0.717, 1.165) is 0 Å². The van der Waals surface area contributed by atoms with Gasteiger partial charge < -0.3 is 10.0 Å². The minimum absolute atomic E-state index is 0.0470. The van der Waals surface area contributed by atoms with E-state index in [1.54, 1.807) is 25.1 Å². The number of nitrogens with zero attached hydrogens (tertiary/aromatic N) is 1. The first-order valence-electron chi connectivity index (χ1n) is 4.36. The molecule has 78 valence electrons. The SMILES string of the molecule is C=CCC1(O)CC(=O)C(Cl)=C1N(C)C. The maximum Gasteiger partial charge on any atom is 0.179 e. The lowest BCUT2D eigenvalue weighted by molar-refractivity contribution is -0.116. The van der Waals surface area contributed by atoms with Crippen LogP contribution in [0.2, 0.25) is 0 Å². The minimum atomic E-state index is -1.17. The topological polar surface area (TPSA) is 40.5 Å². The molecule has 0 saturated carbocycles. The lowest BCUT2D eigenvalue weighted by Crippen LogP contribution is -2.34. The van der Waals surface area contributed by atoms with E-state index in [4.69, 9.17) is 11.6 Å². The van der Waals surface area contributed by atoms with Gasteiger partial charge in [-0.1, -0.05) is 17.7 Å². The van der Waals surface area contributed by atoms with E-state index in [-0.39, 0.29) is 17.2 Å². The van der Waals surface area contributed by atoms with Gasteiger partial charge in [-0.3, -0.25) is 4.79 Å². The summed E-state index contributed by atoms with van der Waals surface area (Å²) in [5, 5.41) is 10.3. The number of Topliss-reactive ketones (excluding diaryl/α,β-unsaturated/α-hetero) is 1. The molecule has 0 aromatic carbocycles. The summed E-state index contributed by atoms with van der Waals surface area (Å²) < 4.78 is 0. The van der Waals surface area contributed by atoms with E-state index < -0.39 is 5.60 Å². The van der Waals surface area contributed by atoms with Gasteiger partial charge >= 0.3 is 0 Å². The largest absolute Gasteiger partial charge is 0.383 e. The number of carbonyl (C=O) groups is 1. The van der Waals surface area contributed by atoms with E-state index in [1.807, 2.05) is 0 Å². The van der Waals surface area contributed by atoms with Gasteiger partial charge in [-0.05, 0) is 6.42 Å². The number of hydrogen-bond donors (Lipinski definition) is 1. The lowest BCUT2D eigenvalue weighted by Gasteiger charge is -2.29. The quantitative estimate of drug-likeness (QED) is 0.721. The van der Waals surface area contributed by atoms with Gasteiger partial charge in [-0.15, -0.1) is 6.58 Å². The highest BCUT2D eigenvalue weighted by atomic mass is 35.5. The van der Waals surface area contributed by atoms with Crippen LogP contribution in [-0.4, -0.2) is 35.5 Å². The van der Waals surface area contributed by atoms with Crippen LogP contribution >= 0.6 is 11.6 Å². The van der Waals surface area contributed by atoms with E-state index in [1.165, 1.54) is 0 Å². The summed E-state index contributed by atoms with van der Waals surface area (Å²) in [5.41, 5.74) is -0.677. The molecule has 1 N–H and O–H groups in total. The van der Waals surface area contributed by atoms with Crippen LogP contribution in [0.3, 0.4) is 0 Å². The summed E-state index contributed by atoms with van der Waals surface area (Å²) in [6, 6.07) is 0. The Morgan fingerprint density at radius 1 is 1.71 bits per heavy atom. The zero-order valence-corrected chi connectivity index (χ0v) is 9.14. The molecule has 3 nitrogen and oxygen atoms in total. The Morgan fingerprint density at radius 2 is 2.29 bits per heavy atom. The van der Waals surface area contributed by atoms with Crippen molar-refractivity contribution >= 4 is 17.4 Å². The molecule has 0 aromatic rings. The van der Waals surface area contributed by atoms with Gasteiger partial charge in [0.2, 0.25) is 0 Å². The van der Waals surface area contributed by atoms with Gasteiger partial charge in [0, 0.05) is 20.5 Å². The molecule has 14 heavy (non-hydrogen) atoms. The predicted molar refractivity (Wildman–Crippen MR) is 56.0 cm³/mol. The summed E-state index contributed by atoms with van der Waals surface area (Å²) in [5.74, 6) is -0.209. The van der Waals surface area contributed by atoms with Crippen LogP contribution in [0.25, 0.3) is 0 Å². The van der Waals surface area contributed by atoms with Gasteiger partial charge in [-0.25, -0.2) is 0 Å². The minimum Gasteiger partial charge on any atom is -0.383 e. The molecule has 0 aliphatic heterocycles. The molecule has 0 aromatic heterocycles. The molecule has 0 spiro atoms. The van der Waals surface area contributed by atoms with Crippen molar-refractivity contribution in [3.63, 3.8) is 0 Å². The molecular formula is C10H14ClNO2. The second kappa shape index (κ2) is 3.75. The van der Waals surface area contributed by atoms with Gasteiger partial charge in [0.15, 0.2) is 5.78 Å². The Morgan fingerprint density at radius 3 is 2.71 bits per heavy atom. The van der Waals surface area contributed by atoms with E-state index >= 15 is 0 Å². The van der Waals surface area contributed by atoms with E-state index in [0.29, 0.717) is 12.1 Å². The summed E-state index contributed by atoms with van der Waals surface area (Å²) in [6.07, 6.45) is 1.97. The fourth-order valence-electron chi connectivity index (χ4n) is 1.78. The molecule has 0 radical (unpaired) electrons. The maximum absolute atomic E-state index is 11.4. The Kier molecular flexibility index (Phi) is 3.02. The first-order valence-corrected chi connectivity index (χ1v) is 4.74. The molecule has 4 heteroatoms. The predicted octanol–water partition coefficient (Wildman–Crippen LogP) is 1.28. The Labute approximate surface area is 88.7 Å². The highest BCUT2D eigenvalue weighted by molar-refractivity contribution is 6.44. The normalized spacial score (nSPS) is 27.0. The van der Waals surface area contributed by atoms with Crippen molar-refractivity contribution in [2.45, 2.75) is 18.4 Å². The highest BCUT2D eigenvalue weighted by Crippen LogP contribution is 2.38. The Bertz CT molecular complexity index is 309. The fourth-order valence-corrected chi connectivity index (χ4v) is 2.20. The highest BCUT2D eigenvalue weighted by Gasteiger charge is 2.43. The second-order valence-electron chi connectivity index (χ2n) is 3.68. The van der Waals surface area contributed by atoms with Gasteiger partial charge in [0.05, 0.1) is 5.70 Å². The van der Waals surface area contributed by atoms with Gasteiger partial charge in [0.25, 0.3) is 0 Å². The van der Waals surface area contributed by atoms with Crippen LogP contribution in [0, 0.1) is 0 Å².